The molecule has 0 unspecified atom stereocenters. The van der Waals surface area contributed by atoms with Crippen LogP contribution in [-0.4, -0.2) is 14.8 Å². The molecule has 2 rings (SSSR count). The number of aromatic amines is 1. The molecule has 0 fully saturated rings. The summed E-state index contributed by atoms with van der Waals surface area (Å²) in [5, 5.41) is 7.69. The third-order valence-electron chi connectivity index (χ3n) is 2.75. The molecule has 1 N–H and O–H groups in total. The van der Waals surface area contributed by atoms with Gasteiger partial charge in [0.05, 0.1) is 0 Å². The standard InChI is InChI=1S/C13H16ClN3OS/c1-2-3-8-17-12(15-16-13(17)19)9-18-11-6-4-10(14)5-7-11/h4-7H,2-3,8-9H2,1H3,(H,16,19). The Bertz CT molecular complexity index is 576. The lowest BCUT2D eigenvalue weighted by molar-refractivity contribution is 0.288. The average molecular weight is 298 g/mol. The molecule has 0 saturated carbocycles. The first kappa shape index (κ1) is 14.1. The van der Waals surface area contributed by atoms with E-state index in [1.165, 1.54) is 0 Å². The Balaban J connectivity index is 2.03. The highest BCUT2D eigenvalue weighted by atomic mass is 35.5. The zero-order valence-corrected chi connectivity index (χ0v) is 12.3. The van der Waals surface area contributed by atoms with Gasteiger partial charge in [0.15, 0.2) is 10.6 Å². The number of H-pyrrole nitrogens is 1. The molecule has 0 bridgehead atoms. The van der Waals surface area contributed by atoms with E-state index in [1.807, 2.05) is 16.7 Å². The molecule has 0 saturated heterocycles. The average Bonchev–Trinajstić information content (AvgIpc) is 2.76. The number of halogens is 1. The Labute approximate surface area is 122 Å². The number of aromatic nitrogens is 3. The highest BCUT2D eigenvalue weighted by molar-refractivity contribution is 7.71. The van der Waals surface area contributed by atoms with Gasteiger partial charge in [0, 0.05) is 11.6 Å². The van der Waals surface area contributed by atoms with Crippen LogP contribution in [0.3, 0.4) is 0 Å². The van der Waals surface area contributed by atoms with Crippen LogP contribution >= 0.6 is 23.8 Å². The van der Waals surface area contributed by atoms with Gasteiger partial charge in [-0.25, -0.2) is 0 Å². The molecule has 0 aliphatic rings. The van der Waals surface area contributed by atoms with Crippen LogP contribution in [0.4, 0.5) is 0 Å². The second-order valence-electron chi connectivity index (χ2n) is 4.19. The predicted octanol–water partition coefficient (Wildman–Crippen LogP) is 3.97. The summed E-state index contributed by atoms with van der Waals surface area (Å²) in [5.74, 6) is 1.58. The van der Waals surface area contributed by atoms with E-state index in [0.29, 0.717) is 16.4 Å². The summed E-state index contributed by atoms with van der Waals surface area (Å²) < 4.78 is 8.30. The first-order valence-corrected chi connectivity index (χ1v) is 7.01. The molecular weight excluding hydrogens is 282 g/mol. The van der Waals surface area contributed by atoms with E-state index in [-0.39, 0.29) is 0 Å². The molecule has 0 spiro atoms. The van der Waals surface area contributed by atoms with Crippen molar-refractivity contribution in [3.8, 4) is 5.75 Å². The normalized spacial score (nSPS) is 10.6. The summed E-state index contributed by atoms with van der Waals surface area (Å²) >= 11 is 11.0. The van der Waals surface area contributed by atoms with E-state index in [4.69, 9.17) is 28.6 Å². The summed E-state index contributed by atoms with van der Waals surface area (Å²) in [6.07, 6.45) is 2.19. The molecule has 0 amide bonds. The van der Waals surface area contributed by atoms with Gasteiger partial charge in [-0.2, -0.15) is 5.10 Å². The Kier molecular flexibility index (Phi) is 4.99. The first-order valence-electron chi connectivity index (χ1n) is 6.23. The summed E-state index contributed by atoms with van der Waals surface area (Å²) in [6, 6.07) is 7.26. The van der Waals surface area contributed by atoms with Crippen LogP contribution in [0.2, 0.25) is 5.02 Å². The van der Waals surface area contributed by atoms with E-state index in [1.54, 1.807) is 12.1 Å². The highest BCUT2D eigenvalue weighted by Gasteiger charge is 2.06. The molecule has 1 aromatic heterocycles. The number of nitrogens with one attached hydrogen (secondary N) is 1. The maximum atomic E-state index is 5.82. The first-order chi connectivity index (χ1) is 9.20. The van der Waals surface area contributed by atoms with Crippen molar-refractivity contribution in [2.45, 2.75) is 32.9 Å². The summed E-state index contributed by atoms with van der Waals surface area (Å²) in [7, 11) is 0. The van der Waals surface area contributed by atoms with Crippen LogP contribution in [0, 0.1) is 4.77 Å². The van der Waals surface area contributed by atoms with Crippen LogP contribution in [0.5, 0.6) is 5.75 Å². The van der Waals surface area contributed by atoms with Crippen molar-refractivity contribution in [1.82, 2.24) is 14.8 Å². The van der Waals surface area contributed by atoms with Gasteiger partial charge >= 0.3 is 0 Å². The quantitative estimate of drug-likeness (QED) is 0.820. The Morgan fingerprint density at radius 3 is 2.79 bits per heavy atom. The number of hydrogen-bond acceptors (Lipinski definition) is 3. The Morgan fingerprint density at radius 1 is 1.37 bits per heavy atom. The lowest BCUT2D eigenvalue weighted by atomic mass is 10.3. The summed E-state index contributed by atoms with van der Waals surface area (Å²) in [4.78, 5) is 0. The molecule has 19 heavy (non-hydrogen) atoms. The van der Waals surface area contributed by atoms with Gasteiger partial charge < -0.3 is 9.30 Å². The second-order valence-corrected chi connectivity index (χ2v) is 5.02. The van der Waals surface area contributed by atoms with Crippen molar-refractivity contribution in [3.63, 3.8) is 0 Å². The van der Waals surface area contributed by atoms with Crippen LogP contribution in [-0.2, 0) is 13.2 Å². The molecule has 0 radical (unpaired) electrons. The second kappa shape index (κ2) is 6.73. The van der Waals surface area contributed by atoms with Crippen molar-refractivity contribution in [3.05, 3.63) is 39.9 Å². The molecule has 0 aliphatic heterocycles. The fourth-order valence-corrected chi connectivity index (χ4v) is 2.05. The van der Waals surface area contributed by atoms with Crippen LogP contribution < -0.4 is 4.74 Å². The van der Waals surface area contributed by atoms with Crippen LogP contribution in [0.15, 0.2) is 24.3 Å². The third-order valence-corrected chi connectivity index (χ3v) is 3.32. The van der Waals surface area contributed by atoms with Gasteiger partial charge in [-0.05, 0) is 42.9 Å². The van der Waals surface area contributed by atoms with Gasteiger partial charge in [-0.3, -0.25) is 5.10 Å². The minimum atomic E-state index is 0.387. The molecule has 0 atom stereocenters. The largest absolute Gasteiger partial charge is 0.486 e. The number of rotatable bonds is 6. The number of nitrogens with zero attached hydrogens (tertiary/aromatic N) is 2. The Hall–Kier alpha value is -1.33. The molecule has 2 aromatic rings. The van der Waals surface area contributed by atoms with E-state index >= 15 is 0 Å². The summed E-state index contributed by atoms with van der Waals surface area (Å²) in [5.41, 5.74) is 0. The lowest BCUT2D eigenvalue weighted by Gasteiger charge is -2.08. The molecule has 102 valence electrons. The zero-order valence-electron chi connectivity index (χ0n) is 10.7. The summed E-state index contributed by atoms with van der Waals surface area (Å²) in [6.45, 7) is 3.40. The van der Waals surface area contributed by atoms with Crippen molar-refractivity contribution in [2.24, 2.45) is 0 Å². The number of unbranched alkanes of at least 4 members (excludes halogenated alkanes) is 1. The molecule has 6 heteroatoms. The minimum Gasteiger partial charge on any atom is -0.486 e. The van der Waals surface area contributed by atoms with E-state index in [9.17, 15) is 0 Å². The fraction of sp³-hybridized carbons (Fsp3) is 0.385. The van der Waals surface area contributed by atoms with E-state index in [0.717, 1.165) is 31.0 Å². The molecule has 0 aliphatic carbocycles. The molecule has 1 heterocycles. The topological polar surface area (TPSA) is 42.8 Å². The SMILES string of the molecule is CCCCn1c(COc2ccc(Cl)cc2)n[nH]c1=S. The minimum absolute atomic E-state index is 0.387. The van der Waals surface area contributed by atoms with Gasteiger partial charge in [0.2, 0.25) is 0 Å². The van der Waals surface area contributed by atoms with Crippen molar-refractivity contribution in [1.29, 1.82) is 0 Å². The Morgan fingerprint density at radius 2 is 2.11 bits per heavy atom. The zero-order chi connectivity index (χ0) is 13.7. The van der Waals surface area contributed by atoms with Gasteiger partial charge in [0.25, 0.3) is 0 Å². The molecule has 4 nitrogen and oxygen atoms in total. The van der Waals surface area contributed by atoms with Crippen LogP contribution in [0.25, 0.3) is 0 Å². The highest BCUT2D eigenvalue weighted by Crippen LogP contribution is 2.16. The maximum Gasteiger partial charge on any atom is 0.195 e. The van der Waals surface area contributed by atoms with Gasteiger partial charge in [0.1, 0.15) is 12.4 Å². The third kappa shape index (κ3) is 3.81. The predicted molar refractivity (Wildman–Crippen MR) is 78.1 cm³/mol. The molecular formula is C13H16ClN3OS. The number of hydrogen-bond donors (Lipinski definition) is 1. The number of ether oxygens (including phenoxy) is 1. The lowest BCUT2D eigenvalue weighted by Crippen LogP contribution is -2.07. The van der Waals surface area contributed by atoms with Gasteiger partial charge in [-0.1, -0.05) is 24.9 Å². The van der Waals surface area contributed by atoms with Crippen molar-refractivity contribution < 1.29 is 4.74 Å². The van der Waals surface area contributed by atoms with Crippen molar-refractivity contribution in [2.75, 3.05) is 0 Å². The van der Waals surface area contributed by atoms with Gasteiger partial charge in [-0.15, -0.1) is 0 Å². The van der Waals surface area contributed by atoms with Crippen LogP contribution in [0.1, 0.15) is 25.6 Å². The fourth-order valence-electron chi connectivity index (χ4n) is 1.69. The van der Waals surface area contributed by atoms with Crippen molar-refractivity contribution >= 4 is 23.8 Å². The molecule has 1 aromatic carbocycles. The monoisotopic (exact) mass is 297 g/mol. The van der Waals surface area contributed by atoms with E-state index in [2.05, 4.69) is 17.1 Å². The maximum absolute atomic E-state index is 5.82. The smallest absolute Gasteiger partial charge is 0.195 e. The van der Waals surface area contributed by atoms with E-state index < -0.39 is 0 Å². The number of benzene rings is 1.